The summed E-state index contributed by atoms with van der Waals surface area (Å²) in [4.78, 5) is 41.8. The lowest BCUT2D eigenvalue weighted by Crippen LogP contribution is -2.42. The molecule has 1 N–H and O–H groups in total. The van der Waals surface area contributed by atoms with Crippen LogP contribution in [0.15, 0.2) is 48.5 Å². The van der Waals surface area contributed by atoms with Crippen molar-refractivity contribution >= 4 is 18.1 Å². The largest absolute Gasteiger partial charge is 0.486 e. The summed E-state index contributed by atoms with van der Waals surface area (Å²) in [6.07, 6.45) is -6.06. The van der Waals surface area contributed by atoms with Crippen molar-refractivity contribution in [3.63, 3.8) is 0 Å². The first-order valence-electron chi connectivity index (χ1n) is 15.6. The minimum Gasteiger partial charge on any atom is -0.486 e. The fourth-order valence-electron chi connectivity index (χ4n) is 4.69. The molecule has 0 spiro atoms. The average Bonchev–Trinajstić information content (AvgIpc) is 3.47. The summed E-state index contributed by atoms with van der Waals surface area (Å²) >= 11 is 0. The Morgan fingerprint density at radius 3 is 2.22 bits per heavy atom. The Bertz CT molecular complexity index is 1660. The van der Waals surface area contributed by atoms with Gasteiger partial charge in [0.15, 0.2) is 17.2 Å². The van der Waals surface area contributed by atoms with E-state index in [1.807, 2.05) is 0 Å². The van der Waals surface area contributed by atoms with E-state index in [1.54, 1.807) is 71.9 Å². The predicted molar refractivity (Wildman–Crippen MR) is 173 cm³/mol. The summed E-state index contributed by atoms with van der Waals surface area (Å²) in [5.74, 6) is 0.164. The molecule has 266 valence electrons. The van der Waals surface area contributed by atoms with E-state index < -0.39 is 41.2 Å². The maximum atomic E-state index is 13.8. The summed E-state index contributed by atoms with van der Waals surface area (Å²) in [7, 11) is 1.54. The van der Waals surface area contributed by atoms with Gasteiger partial charge in [-0.25, -0.2) is 14.3 Å². The number of hydrogen-bond donors (Lipinski definition) is 1. The Morgan fingerprint density at radius 2 is 1.55 bits per heavy atom. The van der Waals surface area contributed by atoms with Crippen LogP contribution in [-0.2, 0) is 28.7 Å². The molecule has 4 rings (SSSR count). The number of aromatic nitrogens is 2. The molecular formula is C34H42F3N5O7. The van der Waals surface area contributed by atoms with Crippen molar-refractivity contribution in [3.05, 3.63) is 71.0 Å². The summed E-state index contributed by atoms with van der Waals surface area (Å²) in [5, 5.41) is 6.39. The van der Waals surface area contributed by atoms with Gasteiger partial charge in [0, 0.05) is 44.9 Å². The molecule has 2 aromatic carbocycles. The molecule has 0 fully saturated rings. The highest BCUT2D eigenvalue weighted by Crippen LogP contribution is 2.34. The predicted octanol–water partition coefficient (Wildman–Crippen LogP) is 6.20. The molecule has 49 heavy (non-hydrogen) atoms. The van der Waals surface area contributed by atoms with E-state index in [1.165, 1.54) is 29.0 Å². The molecular weight excluding hydrogens is 647 g/mol. The van der Waals surface area contributed by atoms with Gasteiger partial charge in [-0.15, -0.1) is 0 Å². The molecule has 0 atom stereocenters. The number of para-hydroxylation sites is 1. The number of nitrogens with one attached hydrogen (secondary N) is 1. The van der Waals surface area contributed by atoms with E-state index in [2.05, 4.69) is 10.4 Å². The van der Waals surface area contributed by atoms with E-state index in [-0.39, 0.29) is 37.6 Å². The molecule has 12 nitrogen and oxygen atoms in total. The van der Waals surface area contributed by atoms with Crippen LogP contribution < -0.4 is 14.8 Å². The smallest absolute Gasteiger partial charge is 0.435 e. The minimum atomic E-state index is -4.82. The van der Waals surface area contributed by atoms with Crippen LogP contribution in [0.5, 0.6) is 11.5 Å². The van der Waals surface area contributed by atoms with Crippen molar-refractivity contribution in [2.45, 2.75) is 72.0 Å². The lowest BCUT2D eigenvalue weighted by molar-refractivity contribution is -0.141. The third-order valence-electron chi connectivity index (χ3n) is 6.91. The SMILES string of the molecule is CN(CCN(Cc1cccc(-n2nc(C(F)(F)F)cc2C(=O)NCc2cccc3c2OCCO3)c1)C(=O)OC(C)(C)C)C(=O)OC(C)(C)C. The number of rotatable bonds is 9. The molecule has 1 aromatic heterocycles. The van der Waals surface area contributed by atoms with Gasteiger partial charge in [-0.1, -0.05) is 24.3 Å². The number of ether oxygens (including phenoxy) is 4. The van der Waals surface area contributed by atoms with Crippen molar-refractivity contribution in [2.24, 2.45) is 0 Å². The van der Waals surface area contributed by atoms with Gasteiger partial charge in [0.1, 0.15) is 30.1 Å². The Morgan fingerprint density at radius 1 is 0.898 bits per heavy atom. The number of benzene rings is 2. The second-order valence-electron chi connectivity index (χ2n) is 13.4. The van der Waals surface area contributed by atoms with Crippen LogP contribution in [0.4, 0.5) is 22.8 Å². The number of nitrogens with zero attached hydrogens (tertiary/aromatic N) is 4. The average molecular weight is 690 g/mol. The summed E-state index contributed by atoms with van der Waals surface area (Å²) in [6.45, 7) is 11.2. The third-order valence-corrected chi connectivity index (χ3v) is 6.91. The standard InChI is InChI=1S/C34H42F3N5O7/c1-32(2,3)48-30(44)40(7)14-15-41(31(45)49-33(4,5)6)21-22-10-8-12-24(18-22)42-25(19-27(39-42)34(35,36)37)29(43)38-20-23-11-9-13-26-28(23)47-17-16-46-26/h8-13,18-19H,14-17,20-21H2,1-7H3,(H,38,43). The van der Waals surface area contributed by atoms with Gasteiger partial charge in [-0.05, 0) is 65.3 Å². The van der Waals surface area contributed by atoms with E-state index in [4.69, 9.17) is 18.9 Å². The van der Waals surface area contributed by atoms with Gasteiger partial charge in [0.2, 0.25) is 0 Å². The number of amides is 3. The van der Waals surface area contributed by atoms with Crippen LogP contribution in [-0.4, -0.2) is 82.2 Å². The first-order valence-corrected chi connectivity index (χ1v) is 15.6. The Kier molecular flexibility index (Phi) is 11.0. The number of halogens is 3. The van der Waals surface area contributed by atoms with E-state index in [0.29, 0.717) is 41.9 Å². The second kappa shape index (κ2) is 14.7. The van der Waals surface area contributed by atoms with Crippen LogP contribution >= 0.6 is 0 Å². The van der Waals surface area contributed by atoms with Crippen LogP contribution in [0.25, 0.3) is 5.69 Å². The molecule has 0 saturated carbocycles. The van der Waals surface area contributed by atoms with Gasteiger partial charge < -0.3 is 34.1 Å². The summed E-state index contributed by atoms with van der Waals surface area (Å²) in [5.41, 5.74) is -1.89. The molecule has 0 unspecified atom stereocenters. The van der Waals surface area contributed by atoms with Crippen molar-refractivity contribution in [1.82, 2.24) is 24.9 Å². The monoisotopic (exact) mass is 689 g/mol. The molecule has 0 bridgehead atoms. The lowest BCUT2D eigenvalue weighted by atomic mass is 10.1. The molecule has 1 aliphatic heterocycles. The van der Waals surface area contributed by atoms with Gasteiger partial charge in [-0.2, -0.15) is 18.3 Å². The molecule has 1 aliphatic rings. The van der Waals surface area contributed by atoms with Crippen molar-refractivity contribution in [3.8, 4) is 17.2 Å². The molecule has 2 heterocycles. The Labute approximate surface area is 283 Å². The zero-order chi connectivity index (χ0) is 36.1. The molecule has 0 saturated heterocycles. The summed E-state index contributed by atoms with van der Waals surface area (Å²) in [6, 6.07) is 12.1. The molecule has 0 aliphatic carbocycles. The van der Waals surface area contributed by atoms with Crippen LogP contribution in [0.2, 0.25) is 0 Å². The van der Waals surface area contributed by atoms with E-state index in [0.717, 1.165) is 4.68 Å². The second-order valence-corrected chi connectivity index (χ2v) is 13.4. The molecule has 15 heteroatoms. The lowest BCUT2D eigenvalue weighted by Gasteiger charge is -2.30. The first kappa shape index (κ1) is 36.9. The van der Waals surface area contributed by atoms with Gasteiger partial charge in [0.25, 0.3) is 5.91 Å². The van der Waals surface area contributed by atoms with E-state index in [9.17, 15) is 27.6 Å². The number of alkyl halides is 3. The van der Waals surface area contributed by atoms with Crippen molar-refractivity contribution in [2.75, 3.05) is 33.4 Å². The number of carbonyl (C=O) groups excluding carboxylic acids is 3. The Balaban J connectivity index is 1.58. The van der Waals surface area contributed by atoms with Crippen LogP contribution in [0, 0.1) is 0 Å². The number of hydrogen-bond acceptors (Lipinski definition) is 8. The third kappa shape index (κ3) is 10.3. The molecule has 0 radical (unpaired) electrons. The van der Waals surface area contributed by atoms with Crippen molar-refractivity contribution < 1.29 is 46.5 Å². The highest BCUT2D eigenvalue weighted by Gasteiger charge is 2.36. The number of carbonyl (C=O) groups is 3. The van der Waals surface area contributed by atoms with Crippen LogP contribution in [0.1, 0.15) is 68.9 Å². The normalized spacial score (nSPS) is 13.0. The maximum Gasteiger partial charge on any atom is 0.435 e. The number of likely N-dealkylation sites (N-methyl/N-ethyl adjacent to an activating group) is 1. The van der Waals surface area contributed by atoms with Crippen LogP contribution in [0.3, 0.4) is 0 Å². The fraction of sp³-hybridized carbons (Fsp3) is 0.471. The fourth-order valence-corrected chi connectivity index (χ4v) is 4.69. The number of fused-ring (bicyclic) bond motifs is 1. The highest BCUT2D eigenvalue weighted by atomic mass is 19.4. The minimum absolute atomic E-state index is 0.0268. The first-order chi connectivity index (χ1) is 22.8. The zero-order valence-corrected chi connectivity index (χ0v) is 28.6. The van der Waals surface area contributed by atoms with E-state index >= 15 is 0 Å². The van der Waals surface area contributed by atoms with Gasteiger partial charge >= 0.3 is 18.4 Å². The van der Waals surface area contributed by atoms with Crippen molar-refractivity contribution in [1.29, 1.82) is 0 Å². The quantitative estimate of drug-likeness (QED) is 0.282. The topological polar surface area (TPSA) is 124 Å². The van der Waals surface area contributed by atoms with Gasteiger partial charge in [-0.3, -0.25) is 4.79 Å². The Hall–Kier alpha value is -4.95. The maximum absolute atomic E-state index is 13.8. The highest BCUT2D eigenvalue weighted by molar-refractivity contribution is 5.93. The van der Waals surface area contributed by atoms with Gasteiger partial charge in [0.05, 0.1) is 5.69 Å². The zero-order valence-electron chi connectivity index (χ0n) is 28.6. The molecule has 3 amide bonds. The molecule has 3 aromatic rings. The summed E-state index contributed by atoms with van der Waals surface area (Å²) < 4.78 is 64.7.